The Labute approximate surface area is 158 Å². The summed E-state index contributed by atoms with van der Waals surface area (Å²) in [4.78, 5) is 25.1. The van der Waals surface area contributed by atoms with Crippen LogP contribution in [0.1, 0.15) is 25.8 Å². The molecule has 1 aromatic rings. The SMILES string of the molecule is CC(O)C#Cc1ccc(N2C[C@H](C[C@](C)(C(=O)NO)S(=O)[O-])OC2=O)cc1. The second-order valence-electron chi connectivity index (χ2n) is 6.22. The minimum atomic E-state index is -2.84. The molecule has 2 amide bonds. The summed E-state index contributed by atoms with van der Waals surface area (Å²) in [6.07, 6.45) is -2.59. The van der Waals surface area contributed by atoms with Crippen molar-refractivity contribution >= 4 is 28.8 Å². The Balaban J connectivity index is 2.12. The van der Waals surface area contributed by atoms with Gasteiger partial charge in [0.1, 0.15) is 17.0 Å². The monoisotopic (exact) mass is 395 g/mol. The number of carbonyl (C=O) groups excluding carboxylic acids is 2. The summed E-state index contributed by atoms with van der Waals surface area (Å²) in [6.45, 7) is 2.72. The van der Waals surface area contributed by atoms with Crippen molar-refractivity contribution in [2.75, 3.05) is 11.4 Å². The smallest absolute Gasteiger partial charge is 0.414 e. The number of aliphatic hydroxyl groups is 1. The van der Waals surface area contributed by atoms with Gasteiger partial charge in [-0.1, -0.05) is 11.8 Å². The van der Waals surface area contributed by atoms with Crippen LogP contribution in [0.2, 0.25) is 0 Å². The highest BCUT2D eigenvalue weighted by molar-refractivity contribution is 7.81. The van der Waals surface area contributed by atoms with Crippen molar-refractivity contribution in [2.45, 2.75) is 37.2 Å². The number of ether oxygens (including phenoxy) is 1. The molecule has 4 atom stereocenters. The van der Waals surface area contributed by atoms with E-state index in [0.29, 0.717) is 11.3 Å². The molecular weight excluding hydrogens is 376 g/mol. The molecule has 27 heavy (non-hydrogen) atoms. The zero-order valence-electron chi connectivity index (χ0n) is 14.7. The van der Waals surface area contributed by atoms with Gasteiger partial charge in [-0.3, -0.25) is 19.1 Å². The van der Waals surface area contributed by atoms with Crippen LogP contribution in [0.4, 0.5) is 10.5 Å². The maximum Gasteiger partial charge on any atom is 0.414 e. The third kappa shape index (κ3) is 4.84. The molecule has 1 fully saturated rings. The van der Waals surface area contributed by atoms with Crippen LogP contribution in [-0.4, -0.2) is 54.6 Å². The standard InChI is InChI=1S/C17H20N2O7S/c1-11(20)3-4-12-5-7-13(8-6-12)19-10-14(26-16(19)22)9-17(2,27(24)25)15(21)18-23/h5-8,11,14,20,23H,9-10H2,1-2H3,(H,18,21)(H,24,25)/p-1/t11?,14-,17+/m0/s1. The summed E-state index contributed by atoms with van der Waals surface area (Å²) in [7, 11) is 0. The van der Waals surface area contributed by atoms with E-state index in [9.17, 15) is 18.4 Å². The molecule has 0 bridgehead atoms. The fourth-order valence-electron chi connectivity index (χ4n) is 2.54. The highest BCUT2D eigenvalue weighted by Gasteiger charge is 2.42. The Morgan fingerprint density at radius 2 is 2.15 bits per heavy atom. The van der Waals surface area contributed by atoms with Crippen LogP contribution >= 0.6 is 0 Å². The summed E-state index contributed by atoms with van der Waals surface area (Å²) in [5.41, 5.74) is 2.49. The average molecular weight is 395 g/mol. The van der Waals surface area contributed by atoms with Gasteiger partial charge in [0.2, 0.25) is 0 Å². The highest BCUT2D eigenvalue weighted by Crippen LogP contribution is 2.28. The number of hydrogen-bond acceptors (Lipinski definition) is 7. The first-order chi connectivity index (χ1) is 12.7. The van der Waals surface area contributed by atoms with Gasteiger partial charge in [0, 0.05) is 17.7 Å². The maximum absolute atomic E-state index is 12.1. The number of nitrogens with one attached hydrogen (secondary N) is 1. The van der Waals surface area contributed by atoms with Gasteiger partial charge in [-0.25, -0.2) is 10.3 Å². The lowest BCUT2D eigenvalue weighted by atomic mass is 10.0. The summed E-state index contributed by atoms with van der Waals surface area (Å²) >= 11 is -2.84. The third-order valence-electron chi connectivity index (χ3n) is 4.05. The first kappa shape index (κ1) is 20.9. The molecule has 3 N–H and O–H groups in total. The quantitative estimate of drug-likeness (QED) is 0.282. The number of nitrogens with zero attached hydrogens (tertiary/aromatic N) is 1. The second-order valence-corrected chi connectivity index (χ2v) is 7.59. The van der Waals surface area contributed by atoms with E-state index in [4.69, 9.17) is 15.1 Å². The summed E-state index contributed by atoms with van der Waals surface area (Å²) in [6, 6.07) is 6.62. The number of benzene rings is 1. The van der Waals surface area contributed by atoms with E-state index < -0.39 is 40.0 Å². The van der Waals surface area contributed by atoms with Crippen molar-refractivity contribution in [1.29, 1.82) is 0 Å². The second kappa shape index (κ2) is 8.49. The summed E-state index contributed by atoms with van der Waals surface area (Å²) < 4.78 is 26.1. The maximum atomic E-state index is 12.1. The molecule has 0 spiro atoms. The van der Waals surface area contributed by atoms with E-state index in [-0.39, 0.29) is 13.0 Å². The summed E-state index contributed by atoms with van der Waals surface area (Å²) in [5.74, 6) is 4.27. The van der Waals surface area contributed by atoms with Crippen LogP contribution in [0, 0.1) is 11.8 Å². The van der Waals surface area contributed by atoms with E-state index in [1.807, 2.05) is 0 Å². The molecule has 10 heteroatoms. The molecular formula is C17H19N2O7S-. The molecule has 0 saturated carbocycles. The van der Waals surface area contributed by atoms with Gasteiger partial charge in [0.25, 0.3) is 5.91 Å². The van der Waals surface area contributed by atoms with Crippen LogP contribution < -0.4 is 10.4 Å². The van der Waals surface area contributed by atoms with Crippen molar-refractivity contribution in [3.63, 3.8) is 0 Å². The van der Waals surface area contributed by atoms with Crippen LogP contribution in [0.15, 0.2) is 24.3 Å². The number of carbonyl (C=O) groups is 2. The largest absolute Gasteiger partial charge is 0.772 e. The van der Waals surface area contributed by atoms with Crippen molar-refractivity contribution in [1.82, 2.24) is 5.48 Å². The predicted octanol–water partition coefficient (Wildman–Crippen LogP) is 0.277. The fourth-order valence-corrected chi connectivity index (χ4v) is 3.06. The number of rotatable bonds is 5. The lowest BCUT2D eigenvalue weighted by Crippen LogP contribution is -2.49. The Bertz CT molecular complexity index is 800. The minimum Gasteiger partial charge on any atom is -0.772 e. The van der Waals surface area contributed by atoms with Gasteiger partial charge in [-0.05, 0) is 49.2 Å². The van der Waals surface area contributed by atoms with Gasteiger partial charge in [-0.2, -0.15) is 0 Å². The number of hydroxylamine groups is 1. The van der Waals surface area contributed by atoms with Gasteiger partial charge >= 0.3 is 6.09 Å². The zero-order chi connectivity index (χ0) is 20.2. The van der Waals surface area contributed by atoms with E-state index in [1.165, 1.54) is 10.4 Å². The Hall–Kier alpha value is -2.45. The van der Waals surface area contributed by atoms with Gasteiger partial charge in [0.05, 0.1) is 6.54 Å². The molecule has 0 aromatic heterocycles. The number of cyclic esters (lactones) is 1. The molecule has 2 rings (SSSR count). The van der Waals surface area contributed by atoms with Crippen LogP contribution in [0.3, 0.4) is 0 Å². The fraction of sp³-hybridized carbons (Fsp3) is 0.412. The first-order valence-electron chi connectivity index (χ1n) is 7.99. The van der Waals surface area contributed by atoms with E-state index in [1.54, 1.807) is 31.2 Å². The Morgan fingerprint density at radius 1 is 1.52 bits per heavy atom. The summed E-state index contributed by atoms with van der Waals surface area (Å²) in [5, 5.41) is 17.9. The first-order valence-corrected chi connectivity index (χ1v) is 9.06. The average Bonchev–Trinajstić information content (AvgIpc) is 2.99. The highest BCUT2D eigenvalue weighted by atomic mass is 32.2. The lowest BCUT2D eigenvalue weighted by Gasteiger charge is -2.30. The molecule has 1 saturated heterocycles. The van der Waals surface area contributed by atoms with Crippen molar-refractivity contribution in [2.24, 2.45) is 0 Å². The van der Waals surface area contributed by atoms with Gasteiger partial charge in [-0.15, -0.1) is 0 Å². The van der Waals surface area contributed by atoms with E-state index in [0.717, 1.165) is 6.92 Å². The number of aliphatic hydroxyl groups excluding tert-OH is 1. The van der Waals surface area contributed by atoms with Crippen LogP contribution in [0.5, 0.6) is 0 Å². The van der Waals surface area contributed by atoms with Gasteiger partial charge < -0.3 is 14.4 Å². The topological polar surface area (TPSA) is 139 Å². The van der Waals surface area contributed by atoms with Crippen molar-refractivity contribution < 1.29 is 33.4 Å². The molecule has 1 aliphatic rings. The number of anilines is 1. The molecule has 1 aromatic carbocycles. The van der Waals surface area contributed by atoms with Crippen molar-refractivity contribution in [3.8, 4) is 11.8 Å². The number of amides is 2. The molecule has 0 aliphatic carbocycles. The van der Waals surface area contributed by atoms with Gasteiger partial charge in [0.15, 0.2) is 0 Å². The van der Waals surface area contributed by atoms with E-state index in [2.05, 4.69) is 11.8 Å². The lowest BCUT2D eigenvalue weighted by molar-refractivity contribution is -0.132. The Morgan fingerprint density at radius 3 is 2.67 bits per heavy atom. The number of hydrogen-bond donors (Lipinski definition) is 3. The zero-order valence-corrected chi connectivity index (χ0v) is 15.5. The molecule has 9 nitrogen and oxygen atoms in total. The molecule has 1 heterocycles. The molecule has 0 radical (unpaired) electrons. The minimum absolute atomic E-state index is 0.0447. The molecule has 2 unspecified atom stereocenters. The molecule has 146 valence electrons. The van der Waals surface area contributed by atoms with Crippen LogP contribution in [0.25, 0.3) is 0 Å². The van der Waals surface area contributed by atoms with Crippen molar-refractivity contribution in [3.05, 3.63) is 29.8 Å². The third-order valence-corrected chi connectivity index (χ3v) is 5.13. The Kier molecular flexibility index (Phi) is 6.56. The van der Waals surface area contributed by atoms with E-state index >= 15 is 0 Å². The van der Waals surface area contributed by atoms with Crippen LogP contribution in [-0.2, 0) is 20.6 Å². The molecule has 1 aliphatic heterocycles. The predicted molar refractivity (Wildman–Crippen MR) is 94.5 cm³/mol. The normalized spacial score (nSPS) is 20.7.